The first kappa shape index (κ1) is 14.1. The monoisotopic (exact) mass is 303 g/mol. The summed E-state index contributed by atoms with van der Waals surface area (Å²) in [5, 5.41) is 0. The number of imidazole rings is 1. The number of rotatable bonds is 3. The minimum Gasteiger partial charge on any atom is -0.464 e. The number of fused-ring (bicyclic) bond motifs is 1. The van der Waals surface area contributed by atoms with Crippen LogP contribution in [0.15, 0.2) is 36.8 Å². The molecule has 0 spiro atoms. The summed E-state index contributed by atoms with van der Waals surface area (Å²) in [5.74, 6) is -1.80. The Balaban J connectivity index is 1.96. The predicted octanol–water partition coefficient (Wildman–Crippen LogP) is 2.54. The molecule has 0 amide bonds. The van der Waals surface area contributed by atoms with Gasteiger partial charge >= 0.3 is 5.97 Å². The average Bonchev–Trinajstić information content (AvgIpc) is 2.91. The van der Waals surface area contributed by atoms with E-state index in [-0.39, 0.29) is 12.2 Å². The number of nitrogens with zero attached hydrogens (tertiary/aromatic N) is 3. The van der Waals surface area contributed by atoms with Crippen LogP contribution in [0.3, 0.4) is 0 Å². The van der Waals surface area contributed by atoms with Crippen LogP contribution in [0.4, 0.5) is 8.78 Å². The highest BCUT2D eigenvalue weighted by Crippen LogP contribution is 2.17. The molecule has 22 heavy (non-hydrogen) atoms. The van der Waals surface area contributed by atoms with Crippen molar-refractivity contribution in [2.75, 3.05) is 7.11 Å². The fourth-order valence-corrected chi connectivity index (χ4v) is 2.13. The van der Waals surface area contributed by atoms with Gasteiger partial charge in [0.15, 0.2) is 5.69 Å². The molecule has 3 aromatic rings. The van der Waals surface area contributed by atoms with Crippen LogP contribution < -0.4 is 0 Å². The molecule has 0 saturated heterocycles. The summed E-state index contributed by atoms with van der Waals surface area (Å²) in [6.45, 7) is 0.182. The fourth-order valence-electron chi connectivity index (χ4n) is 2.13. The van der Waals surface area contributed by atoms with Gasteiger partial charge in [-0.25, -0.2) is 23.5 Å². The molecular weight excluding hydrogens is 292 g/mol. The van der Waals surface area contributed by atoms with Crippen LogP contribution in [-0.4, -0.2) is 27.6 Å². The predicted molar refractivity (Wildman–Crippen MR) is 74.3 cm³/mol. The summed E-state index contributed by atoms with van der Waals surface area (Å²) in [6, 6.07) is 4.92. The Morgan fingerprint density at radius 1 is 1.27 bits per heavy atom. The minimum atomic E-state index is -0.624. The number of ether oxygens (including phenoxy) is 1. The van der Waals surface area contributed by atoms with E-state index in [0.29, 0.717) is 16.6 Å². The van der Waals surface area contributed by atoms with Gasteiger partial charge in [-0.15, -0.1) is 0 Å². The molecule has 0 fully saturated rings. The number of pyridine rings is 1. The maximum atomic E-state index is 13.7. The number of aromatic nitrogens is 3. The number of halogens is 2. The van der Waals surface area contributed by atoms with Crippen LogP contribution in [0.1, 0.15) is 16.1 Å². The first-order valence-electron chi connectivity index (χ1n) is 6.41. The number of esters is 1. The second-order valence-corrected chi connectivity index (χ2v) is 4.66. The average molecular weight is 303 g/mol. The van der Waals surface area contributed by atoms with Gasteiger partial charge in [0.2, 0.25) is 0 Å². The number of hydrogen-bond donors (Lipinski definition) is 0. The Bertz CT molecular complexity index is 861. The zero-order valence-electron chi connectivity index (χ0n) is 11.6. The number of carbonyl (C=O) groups excluding carboxylic acids is 1. The van der Waals surface area contributed by atoms with Crippen molar-refractivity contribution in [2.24, 2.45) is 0 Å². The van der Waals surface area contributed by atoms with Gasteiger partial charge in [-0.05, 0) is 12.1 Å². The molecule has 0 atom stereocenters. The van der Waals surface area contributed by atoms with E-state index in [1.54, 1.807) is 4.57 Å². The molecule has 2 aromatic heterocycles. The van der Waals surface area contributed by atoms with E-state index in [4.69, 9.17) is 0 Å². The van der Waals surface area contributed by atoms with Gasteiger partial charge in [-0.1, -0.05) is 6.07 Å². The lowest BCUT2D eigenvalue weighted by molar-refractivity contribution is 0.0594. The van der Waals surface area contributed by atoms with Crippen LogP contribution in [0, 0.1) is 11.6 Å². The third kappa shape index (κ3) is 2.52. The van der Waals surface area contributed by atoms with Crippen LogP contribution in [-0.2, 0) is 11.3 Å². The zero-order chi connectivity index (χ0) is 15.7. The van der Waals surface area contributed by atoms with Gasteiger partial charge in [0.1, 0.15) is 11.6 Å². The van der Waals surface area contributed by atoms with E-state index in [1.807, 2.05) is 0 Å². The fraction of sp³-hybridized carbons (Fsp3) is 0.133. The molecule has 0 aliphatic carbocycles. The quantitative estimate of drug-likeness (QED) is 0.698. The van der Waals surface area contributed by atoms with Crippen LogP contribution in [0.5, 0.6) is 0 Å². The van der Waals surface area contributed by atoms with E-state index < -0.39 is 17.6 Å². The molecule has 1 aromatic carbocycles. The Kier molecular flexibility index (Phi) is 3.54. The molecule has 0 saturated carbocycles. The lowest BCUT2D eigenvalue weighted by Crippen LogP contribution is -2.05. The lowest BCUT2D eigenvalue weighted by atomic mass is 10.2. The molecule has 3 rings (SSSR count). The molecular formula is C15H11F2N3O2. The maximum absolute atomic E-state index is 13.7. The third-order valence-corrected chi connectivity index (χ3v) is 3.26. The molecule has 7 heteroatoms. The van der Waals surface area contributed by atoms with Crippen molar-refractivity contribution in [1.29, 1.82) is 0 Å². The lowest BCUT2D eigenvalue weighted by Gasteiger charge is -2.06. The van der Waals surface area contributed by atoms with Gasteiger partial charge < -0.3 is 9.30 Å². The normalized spacial score (nSPS) is 10.9. The van der Waals surface area contributed by atoms with Crippen molar-refractivity contribution in [3.63, 3.8) is 0 Å². The first-order valence-corrected chi connectivity index (χ1v) is 6.41. The first-order chi connectivity index (χ1) is 10.6. The molecule has 0 N–H and O–H groups in total. The molecule has 0 bridgehead atoms. The Morgan fingerprint density at radius 2 is 2.09 bits per heavy atom. The number of benzene rings is 1. The minimum absolute atomic E-state index is 0.146. The molecule has 0 aliphatic heterocycles. The van der Waals surface area contributed by atoms with Crippen LogP contribution in [0.25, 0.3) is 11.0 Å². The van der Waals surface area contributed by atoms with E-state index >= 15 is 0 Å². The van der Waals surface area contributed by atoms with Gasteiger partial charge in [-0.2, -0.15) is 0 Å². The Hall–Kier alpha value is -2.83. The molecule has 0 aliphatic rings. The van der Waals surface area contributed by atoms with Gasteiger partial charge in [-0.3, -0.25) is 0 Å². The van der Waals surface area contributed by atoms with Crippen molar-refractivity contribution in [3.8, 4) is 0 Å². The van der Waals surface area contributed by atoms with Crippen LogP contribution in [0.2, 0.25) is 0 Å². The largest absolute Gasteiger partial charge is 0.464 e. The van der Waals surface area contributed by atoms with E-state index in [2.05, 4.69) is 14.7 Å². The zero-order valence-corrected chi connectivity index (χ0v) is 11.6. The van der Waals surface area contributed by atoms with Crippen molar-refractivity contribution in [1.82, 2.24) is 14.5 Å². The highest BCUT2D eigenvalue weighted by Gasteiger charge is 2.12. The summed E-state index contributed by atoms with van der Waals surface area (Å²) in [4.78, 5) is 19.6. The highest BCUT2D eigenvalue weighted by molar-refractivity contribution is 5.91. The van der Waals surface area contributed by atoms with Crippen molar-refractivity contribution >= 4 is 17.0 Å². The van der Waals surface area contributed by atoms with Crippen molar-refractivity contribution in [2.45, 2.75) is 6.54 Å². The maximum Gasteiger partial charge on any atom is 0.356 e. The van der Waals surface area contributed by atoms with E-state index in [0.717, 1.165) is 6.07 Å². The summed E-state index contributed by atoms with van der Waals surface area (Å²) in [7, 11) is 1.27. The van der Waals surface area contributed by atoms with E-state index in [9.17, 15) is 13.6 Å². The Morgan fingerprint density at radius 3 is 2.82 bits per heavy atom. The number of methoxy groups -OCH3 is 1. The number of carbonyl (C=O) groups is 1. The van der Waals surface area contributed by atoms with Crippen molar-refractivity contribution < 1.29 is 18.3 Å². The summed E-state index contributed by atoms with van der Waals surface area (Å²) < 4.78 is 32.9. The van der Waals surface area contributed by atoms with Crippen LogP contribution >= 0.6 is 0 Å². The highest BCUT2D eigenvalue weighted by atomic mass is 19.1. The SMILES string of the molecule is COC(=O)c1cc2ncn(Cc3ccc(F)cc3F)c2cn1. The van der Waals surface area contributed by atoms with E-state index in [1.165, 1.54) is 37.8 Å². The smallest absolute Gasteiger partial charge is 0.356 e. The second-order valence-electron chi connectivity index (χ2n) is 4.66. The number of hydrogen-bond acceptors (Lipinski definition) is 4. The molecule has 5 nitrogen and oxygen atoms in total. The van der Waals surface area contributed by atoms with Crippen molar-refractivity contribution in [3.05, 3.63) is 59.7 Å². The molecule has 0 radical (unpaired) electrons. The molecule has 112 valence electrons. The molecule has 2 heterocycles. The van der Waals surface area contributed by atoms with Gasteiger partial charge in [0.05, 0.1) is 37.2 Å². The summed E-state index contributed by atoms with van der Waals surface area (Å²) in [6.07, 6.45) is 2.98. The summed E-state index contributed by atoms with van der Waals surface area (Å²) >= 11 is 0. The van der Waals surface area contributed by atoms with Gasteiger partial charge in [0.25, 0.3) is 0 Å². The second kappa shape index (κ2) is 5.51. The standard InChI is InChI=1S/C15H11F2N3O2/c1-22-15(21)13-5-12-14(6-18-13)20(8-19-12)7-9-2-3-10(16)4-11(9)17/h2-6,8H,7H2,1H3. The third-order valence-electron chi connectivity index (χ3n) is 3.26. The Labute approximate surface area is 124 Å². The summed E-state index contributed by atoms with van der Waals surface area (Å²) in [5.41, 5.74) is 1.65. The molecule has 0 unspecified atom stereocenters. The van der Waals surface area contributed by atoms with Gasteiger partial charge in [0, 0.05) is 11.6 Å². The topological polar surface area (TPSA) is 57.0 Å².